The van der Waals surface area contributed by atoms with E-state index in [-0.39, 0.29) is 24.0 Å². The largest absolute Gasteiger partial charge is 0.352 e. The Morgan fingerprint density at radius 3 is 2.47 bits per heavy atom. The number of benzene rings is 3. The summed E-state index contributed by atoms with van der Waals surface area (Å²) in [6, 6.07) is 16.8. The summed E-state index contributed by atoms with van der Waals surface area (Å²) in [5.74, 6) is 0.0359. The van der Waals surface area contributed by atoms with Gasteiger partial charge in [0.1, 0.15) is 17.5 Å². The molecule has 0 unspecified atom stereocenters. The Labute approximate surface area is 185 Å². The Hall–Kier alpha value is -3.54. The van der Waals surface area contributed by atoms with Gasteiger partial charge in [-0.15, -0.1) is 0 Å². The van der Waals surface area contributed by atoms with Crippen LogP contribution in [0.5, 0.6) is 0 Å². The molecule has 6 heteroatoms. The number of rotatable bonds is 7. The van der Waals surface area contributed by atoms with E-state index in [0.29, 0.717) is 25.1 Å². The minimum absolute atomic E-state index is 0.114. The number of hydrogen-bond acceptors (Lipinski definition) is 2. The molecule has 0 aliphatic carbocycles. The molecule has 1 heterocycles. The van der Waals surface area contributed by atoms with Crippen LogP contribution in [0.1, 0.15) is 34.5 Å². The maximum absolute atomic E-state index is 14.3. The second kappa shape index (κ2) is 9.30. The first-order valence-electron chi connectivity index (χ1n) is 10.6. The van der Waals surface area contributed by atoms with Gasteiger partial charge in [-0.2, -0.15) is 0 Å². The van der Waals surface area contributed by atoms with E-state index in [1.165, 1.54) is 18.2 Å². The number of halogens is 2. The van der Waals surface area contributed by atoms with Gasteiger partial charge in [-0.3, -0.25) is 4.79 Å². The second-order valence-electron chi connectivity index (χ2n) is 8.03. The molecule has 4 nitrogen and oxygen atoms in total. The van der Waals surface area contributed by atoms with Crippen molar-refractivity contribution in [1.29, 1.82) is 0 Å². The Kier molecular flexibility index (Phi) is 6.30. The second-order valence-corrected chi connectivity index (χ2v) is 8.03. The van der Waals surface area contributed by atoms with E-state index in [1.54, 1.807) is 24.3 Å². The van der Waals surface area contributed by atoms with Gasteiger partial charge in [0.15, 0.2) is 0 Å². The number of aromatic nitrogens is 2. The highest BCUT2D eigenvalue weighted by Crippen LogP contribution is 2.23. The summed E-state index contributed by atoms with van der Waals surface area (Å²) in [6.45, 7) is 4.84. The van der Waals surface area contributed by atoms with Gasteiger partial charge >= 0.3 is 0 Å². The van der Waals surface area contributed by atoms with Crippen LogP contribution in [-0.2, 0) is 24.3 Å². The van der Waals surface area contributed by atoms with Gasteiger partial charge in [0.05, 0.1) is 11.0 Å². The highest BCUT2D eigenvalue weighted by molar-refractivity contribution is 5.79. The maximum atomic E-state index is 14.3. The molecule has 1 aromatic heterocycles. The molecule has 3 aromatic carbocycles. The van der Waals surface area contributed by atoms with E-state index in [2.05, 4.69) is 11.4 Å². The van der Waals surface area contributed by atoms with Crippen LogP contribution in [0.15, 0.2) is 60.7 Å². The zero-order valence-corrected chi connectivity index (χ0v) is 18.2. The van der Waals surface area contributed by atoms with Gasteiger partial charge in [-0.1, -0.05) is 30.3 Å². The van der Waals surface area contributed by atoms with E-state index in [9.17, 15) is 13.6 Å². The molecular weight excluding hydrogens is 408 g/mol. The molecule has 0 spiro atoms. The average Bonchev–Trinajstić information content (AvgIpc) is 3.09. The number of fused-ring (bicyclic) bond motifs is 1. The fourth-order valence-electron chi connectivity index (χ4n) is 3.73. The van der Waals surface area contributed by atoms with Gasteiger partial charge in [-0.05, 0) is 66.4 Å². The number of nitrogens with one attached hydrogen (secondary N) is 1. The van der Waals surface area contributed by atoms with Crippen molar-refractivity contribution in [3.8, 4) is 0 Å². The molecule has 1 N–H and O–H groups in total. The number of hydrogen-bond donors (Lipinski definition) is 1. The lowest BCUT2D eigenvalue weighted by atomic mass is 10.1. The molecule has 4 rings (SSSR count). The molecule has 0 aliphatic heterocycles. The lowest BCUT2D eigenvalue weighted by Gasteiger charge is -2.11. The monoisotopic (exact) mass is 433 g/mol. The summed E-state index contributed by atoms with van der Waals surface area (Å²) in [4.78, 5) is 17.2. The lowest BCUT2D eigenvalue weighted by molar-refractivity contribution is -0.121. The van der Waals surface area contributed by atoms with Crippen LogP contribution < -0.4 is 5.32 Å². The van der Waals surface area contributed by atoms with E-state index in [4.69, 9.17) is 4.98 Å². The van der Waals surface area contributed by atoms with Gasteiger partial charge in [-0.25, -0.2) is 13.8 Å². The summed E-state index contributed by atoms with van der Waals surface area (Å²) in [7, 11) is 0. The number of nitrogens with zero attached hydrogens (tertiary/aromatic N) is 2. The van der Waals surface area contributed by atoms with Crippen LogP contribution in [0.25, 0.3) is 11.0 Å². The zero-order chi connectivity index (χ0) is 22.7. The van der Waals surface area contributed by atoms with E-state index < -0.39 is 0 Å². The van der Waals surface area contributed by atoms with Crippen LogP contribution in [0.3, 0.4) is 0 Å². The third-order valence-electron chi connectivity index (χ3n) is 5.71. The summed E-state index contributed by atoms with van der Waals surface area (Å²) in [5.41, 5.74) is 5.45. The third kappa shape index (κ3) is 4.85. The van der Waals surface area contributed by atoms with Crippen molar-refractivity contribution < 1.29 is 13.6 Å². The molecule has 32 heavy (non-hydrogen) atoms. The first-order chi connectivity index (χ1) is 15.4. The van der Waals surface area contributed by atoms with Crippen molar-refractivity contribution in [1.82, 2.24) is 14.9 Å². The Morgan fingerprint density at radius 2 is 1.72 bits per heavy atom. The molecule has 0 atom stereocenters. The Balaban J connectivity index is 1.54. The first kappa shape index (κ1) is 21.7. The van der Waals surface area contributed by atoms with Crippen molar-refractivity contribution in [3.63, 3.8) is 0 Å². The minimum atomic E-state index is -0.306. The molecule has 0 saturated heterocycles. The van der Waals surface area contributed by atoms with Crippen LogP contribution >= 0.6 is 0 Å². The number of amides is 1. The van der Waals surface area contributed by atoms with Gasteiger partial charge in [0.2, 0.25) is 5.91 Å². The summed E-state index contributed by atoms with van der Waals surface area (Å²) in [5, 5.41) is 2.87. The van der Waals surface area contributed by atoms with E-state index in [1.807, 2.05) is 30.5 Å². The predicted octanol–water partition coefficient (Wildman–Crippen LogP) is 5.23. The van der Waals surface area contributed by atoms with Crippen molar-refractivity contribution in [2.75, 3.05) is 0 Å². The van der Waals surface area contributed by atoms with E-state index in [0.717, 1.165) is 33.5 Å². The fraction of sp³-hybridized carbons (Fsp3) is 0.231. The fourth-order valence-corrected chi connectivity index (χ4v) is 3.73. The standard InChI is InChI=1S/C26H25F2N3O/c1-17-13-23-24(14-18(17)2)31(25(30-23)15-20-5-3-4-6-22(20)28)12-11-26(32)29-16-19-7-9-21(27)10-8-19/h3-10,13-14H,11-12,15-16H2,1-2H3,(H,29,32). The third-order valence-corrected chi connectivity index (χ3v) is 5.71. The Morgan fingerprint density at radius 1 is 1.00 bits per heavy atom. The van der Waals surface area contributed by atoms with Crippen molar-refractivity contribution >= 4 is 16.9 Å². The number of aryl methyl sites for hydroxylation is 3. The smallest absolute Gasteiger partial charge is 0.222 e. The van der Waals surface area contributed by atoms with Crippen LogP contribution in [0, 0.1) is 25.5 Å². The molecule has 0 bridgehead atoms. The molecule has 0 aliphatic rings. The van der Waals surface area contributed by atoms with Gasteiger partial charge in [0.25, 0.3) is 0 Å². The molecular formula is C26H25F2N3O. The SMILES string of the molecule is Cc1cc2nc(Cc3ccccc3F)n(CCC(=O)NCc3ccc(F)cc3)c2cc1C. The predicted molar refractivity (Wildman–Crippen MR) is 121 cm³/mol. The highest BCUT2D eigenvalue weighted by Gasteiger charge is 2.15. The van der Waals surface area contributed by atoms with Crippen LogP contribution in [-0.4, -0.2) is 15.5 Å². The summed E-state index contributed by atoms with van der Waals surface area (Å²) < 4.78 is 29.3. The van der Waals surface area contributed by atoms with Gasteiger partial charge in [0, 0.05) is 25.9 Å². The number of imidazole rings is 1. The number of carbonyl (C=O) groups is 1. The average molecular weight is 434 g/mol. The topological polar surface area (TPSA) is 46.9 Å². The van der Waals surface area contributed by atoms with Crippen molar-refractivity contribution in [3.05, 3.63) is 100 Å². The summed E-state index contributed by atoms with van der Waals surface area (Å²) in [6.07, 6.45) is 0.598. The molecule has 0 radical (unpaired) electrons. The molecule has 4 aromatic rings. The minimum Gasteiger partial charge on any atom is -0.352 e. The van der Waals surface area contributed by atoms with Crippen molar-refractivity contribution in [2.45, 2.75) is 39.8 Å². The van der Waals surface area contributed by atoms with E-state index >= 15 is 0 Å². The Bertz CT molecular complexity index is 1260. The first-order valence-corrected chi connectivity index (χ1v) is 10.6. The molecule has 1 amide bonds. The molecule has 0 fully saturated rings. The highest BCUT2D eigenvalue weighted by atomic mass is 19.1. The maximum Gasteiger partial charge on any atom is 0.222 e. The van der Waals surface area contributed by atoms with Crippen LogP contribution in [0.4, 0.5) is 8.78 Å². The summed E-state index contributed by atoms with van der Waals surface area (Å²) >= 11 is 0. The normalized spacial score (nSPS) is 11.1. The van der Waals surface area contributed by atoms with Crippen molar-refractivity contribution in [2.24, 2.45) is 0 Å². The zero-order valence-electron chi connectivity index (χ0n) is 18.2. The molecule has 164 valence electrons. The van der Waals surface area contributed by atoms with Gasteiger partial charge < -0.3 is 9.88 Å². The lowest BCUT2D eigenvalue weighted by Crippen LogP contribution is -2.24. The molecule has 0 saturated carbocycles. The number of carbonyl (C=O) groups excluding carboxylic acids is 1. The van der Waals surface area contributed by atoms with Crippen LogP contribution in [0.2, 0.25) is 0 Å². The quantitative estimate of drug-likeness (QED) is 0.434.